The minimum absolute atomic E-state index is 0.331. The molecule has 3 nitrogen and oxygen atoms in total. The number of nitrogens with one attached hydrogen (secondary N) is 1. The molecule has 3 aromatic rings. The van der Waals surface area contributed by atoms with Crippen LogP contribution in [0.3, 0.4) is 0 Å². The molecule has 19 heavy (non-hydrogen) atoms. The van der Waals surface area contributed by atoms with Crippen molar-refractivity contribution in [3.8, 4) is 6.07 Å². The third kappa shape index (κ3) is 2.58. The third-order valence-electron chi connectivity index (χ3n) is 2.62. The summed E-state index contributed by atoms with van der Waals surface area (Å²) < 4.78 is 0. The van der Waals surface area contributed by atoms with Crippen LogP contribution in [-0.4, -0.2) is 9.97 Å². The van der Waals surface area contributed by atoms with Crippen molar-refractivity contribution in [2.45, 2.75) is 10.1 Å². The van der Waals surface area contributed by atoms with Crippen LogP contribution in [0.25, 0.3) is 10.9 Å². The number of halogens is 1. The summed E-state index contributed by atoms with van der Waals surface area (Å²) in [5.41, 5.74) is 1.59. The van der Waals surface area contributed by atoms with E-state index in [1.54, 1.807) is 12.1 Å². The van der Waals surface area contributed by atoms with Crippen LogP contribution in [0, 0.1) is 11.3 Å². The summed E-state index contributed by atoms with van der Waals surface area (Å²) in [6.07, 6.45) is 0. The minimum atomic E-state index is 0.331. The molecule has 0 aliphatic carbocycles. The normalized spacial score (nSPS) is 10.5. The van der Waals surface area contributed by atoms with Gasteiger partial charge in [-0.25, -0.2) is 4.98 Å². The van der Waals surface area contributed by atoms with E-state index in [2.05, 4.69) is 22.1 Å². The Balaban J connectivity index is 1.96. The number of nitriles is 1. The molecule has 0 spiro atoms. The number of hydrogen-bond donors (Lipinski definition) is 1. The second-order valence-electron chi connectivity index (χ2n) is 3.95. The van der Waals surface area contributed by atoms with Crippen molar-refractivity contribution in [1.82, 2.24) is 9.97 Å². The van der Waals surface area contributed by atoms with Gasteiger partial charge >= 0.3 is 0 Å². The topological polar surface area (TPSA) is 52.5 Å². The molecule has 5 heteroatoms. The summed E-state index contributed by atoms with van der Waals surface area (Å²) in [6.45, 7) is 0. The molecule has 0 fully saturated rings. The maximum atomic E-state index is 8.91. The van der Waals surface area contributed by atoms with Crippen LogP contribution in [0.1, 0.15) is 5.56 Å². The Morgan fingerprint density at radius 2 is 2.05 bits per heavy atom. The smallest absolute Gasteiger partial charge is 0.131 e. The number of rotatable bonds is 2. The van der Waals surface area contributed by atoms with Crippen molar-refractivity contribution in [2.24, 2.45) is 0 Å². The predicted octanol–water partition coefficient (Wildman–Crippen LogP) is 4.24. The van der Waals surface area contributed by atoms with E-state index in [1.807, 2.05) is 24.3 Å². The lowest BCUT2D eigenvalue weighted by Gasteiger charge is -1.99. The largest absolute Gasteiger partial charge is 0.349 e. The zero-order valence-corrected chi connectivity index (χ0v) is 11.3. The molecule has 2 heterocycles. The van der Waals surface area contributed by atoms with E-state index < -0.39 is 0 Å². The summed E-state index contributed by atoms with van der Waals surface area (Å²) in [4.78, 5) is 7.50. The molecule has 0 saturated heterocycles. The highest BCUT2D eigenvalue weighted by Gasteiger charge is 2.06. The predicted molar refractivity (Wildman–Crippen MR) is 76.4 cm³/mol. The average Bonchev–Trinajstić information content (AvgIpc) is 2.80. The Morgan fingerprint density at radius 1 is 1.21 bits per heavy atom. The van der Waals surface area contributed by atoms with Gasteiger partial charge in [0, 0.05) is 10.9 Å². The molecule has 0 aliphatic rings. The molecule has 92 valence electrons. The molecule has 0 unspecified atom stereocenters. The van der Waals surface area contributed by atoms with Crippen molar-refractivity contribution in [3.63, 3.8) is 0 Å². The van der Waals surface area contributed by atoms with Gasteiger partial charge in [0.2, 0.25) is 0 Å². The van der Waals surface area contributed by atoms with Gasteiger partial charge in [0.05, 0.1) is 16.7 Å². The first kappa shape index (κ1) is 12.1. The van der Waals surface area contributed by atoms with E-state index in [1.165, 1.54) is 11.8 Å². The van der Waals surface area contributed by atoms with Crippen LogP contribution < -0.4 is 0 Å². The van der Waals surface area contributed by atoms with Crippen LogP contribution in [0.5, 0.6) is 0 Å². The van der Waals surface area contributed by atoms with E-state index in [0.717, 1.165) is 15.9 Å². The second-order valence-corrected chi connectivity index (χ2v) is 5.40. The quantitative estimate of drug-likeness (QED) is 0.717. The number of aromatic amines is 1. The van der Waals surface area contributed by atoms with Crippen LogP contribution in [0.15, 0.2) is 52.5 Å². The number of hydrogen-bond acceptors (Lipinski definition) is 3. The van der Waals surface area contributed by atoms with Crippen molar-refractivity contribution in [2.75, 3.05) is 0 Å². The van der Waals surface area contributed by atoms with Crippen LogP contribution >= 0.6 is 23.4 Å². The Kier molecular flexibility index (Phi) is 3.16. The Labute approximate surface area is 119 Å². The molecule has 1 aromatic carbocycles. The number of para-hydroxylation sites is 1. The van der Waals surface area contributed by atoms with Gasteiger partial charge in [0.15, 0.2) is 0 Å². The monoisotopic (exact) mass is 285 g/mol. The molecule has 0 atom stereocenters. The maximum absolute atomic E-state index is 8.91. The molecule has 1 N–H and O–H groups in total. The van der Waals surface area contributed by atoms with E-state index in [9.17, 15) is 0 Å². The maximum Gasteiger partial charge on any atom is 0.131 e. The van der Waals surface area contributed by atoms with E-state index in [-0.39, 0.29) is 0 Å². The summed E-state index contributed by atoms with van der Waals surface area (Å²) in [5, 5.41) is 12.1. The van der Waals surface area contributed by atoms with E-state index in [4.69, 9.17) is 16.9 Å². The lowest BCUT2D eigenvalue weighted by molar-refractivity contribution is 1.11. The molecule has 0 amide bonds. The lowest BCUT2D eigenvalue weighted by Crippen LogP contribution is -1.84. The van der Waals surface area contributed by atoms with Crippen LogP contribution in [0.2, 0.25) is 5.15 Å². The zero-order valence-electron chi connectivity index (χ0n) is 9.72. The number of benzene rings is 1. The van der Waals surface area contributed by atoms with Gasteiger partial charge in [-0.15, -0.1) is 0 Å². The second kappa shape index (κ2) is 4.96. The fraction of sp³-hybridized carbons (Fsp3) is 0. The molecule has 3 rings (SSSR count). The van der Waals surface area contributed by atoms with Gasteiger partial charge in [-0.3, -0.25) is 0 Å². The SMILES string of the molecule is N#Cc1cc(Cl)nc(Sc2cc3ccccc3[nH]2)c1. The molecule has 0 radical (unpaired) electrons. The van der Waals surface area contributed by atoms with Gasteiger partial charge in [-0.1, -0.05) is 41.6 Å². The standard InChI is InChI=1S/C14H8ClN3S/c15-12-5-9(8-16)6-13(18-12)19-14-7-10-3-1-2-4-11(10)17-14/h1-7,17H. The highest BCUT2D eigenvalue weighted by atomic mass is 35.5. The molecule has 0 bridgehead atoms. The summed E-state index contributed by atoms with van der Waals surface area (Å²) in [6, 6.07) is 15.4. The lowest BCUT2D eigenvalue weighted by atomic mass is 10.3. The molecular formula is C14H8ClN3S. The van der Waals surface area contributed by atoms with Crippen molar-refractivity contribution >= 4 is 34.3 Å². The first-order valence-electron chi connectivity index (χ1n) is 5.58. The molecule has 0 aliphatic heterocycles. The van der Waals surface area contributed by atoms with Crippen molar-refractivity contribution in [1.29, 1.82) is 5.26 Å². The fourth-order valence-corrected chi connectivity index (χ4v) is 2.96. The summed E-state index contributed by atoms with van der Waals surface area (Å²) in [5.74, 6) is 0. The zero-order chi connectivity index (χ0) is 13.2. The van der Waals surface area contributed by atoms with E-state index >= 15 is 0 Å². The first-order valence-corrected chi connectivity index (χ1v) is 6.77. The van der Waals surface area contributed by atoms with Gasteiger partial charge in [0.1, 0.15) is 10.2 Å². The number of fused-ring (bicyclic) bond motifs is 1. The number of aromatic nitrogens is 2. The summed E-state index contributed by atoms with van der Waals surface area (Å²) in [7, 11) is 0. The summed E-state index contributed by atoms with van der Waals surface area (Å²) >= 11 is 7.34. The Morgan fingerprint density at radius 3 is 2.84 bits per heavy atom. The van der Waals surface area contributed by atoms with Gasteiger partial charge in [-0.2, -0.15) is 5.26 Å². The molecular weight excluding hydrogens is 278 g/mol. The highest BCUT2D eigenvalue weighted by Crippen LogP contribution is 2.29. The van der Waals surface area contributed by atoms with Gasteiger partial charge in [-0.05, 0) is 24.3 Å². The van der Waals surface area contributed by atoms with Gasteiger partial charge in [0.25, 0.3) is 0 Å². The Bertz CT molecular complexity index is 756. The average molecular weight is 286 g/mol. The fourth-order valence-electron chi connectivity index (χ4n) is 1.80. The number of pyridine rings is 1. The van der Waals surface area contributed by atoms with E-state index in [0.29, 0.717) is 15.7 Å². The molecule has 0 saturated carbocycles. The number of H-pyrrole nitrogens is 1. The first-order chi connectivity index (χ1) is 9.24. The Hall–Kier alpha value is -1.96. The van der Waals surface area contributed by atoms with Crippen LogP contribution in [-0.2, 0) is 0 Å². The molecule has 2 aromatic heterocycles. The van der Waals surface area contributed by atoms with Crippen LogP contribution in [0.4, 0.5) is 0 Å². The number of nitrogens with zero attached hydrogens (tertiary/aromatic N) is 2. The van der Waals surface area contributed by atoms with Gasteiger partial charge < -0.3 is 4.98 Å². The highest BCUT2D eigenvalue weighted by molar-refractivity contribution is 7.99. The third-order valence-corrected chi connectivity index (χ3v) is 3.67. The van der Waals surface area contributed by atoms with Crippen molar-refractivity contribution in [3.05, 3.63) is 53.2 Å². The minimum Gasteiger partial charge on any atom is -0.349 e. The van der Waals surface area contributed by atoms with Crippen molar-refractivity contribution < 1.29 is 0 Å².